The lowest BCUT2D eigenvalue weighted by Crippen LogP contribution is -2.49. The Kier molecular flexibility index (Phi) is 8.16. The molecule has 1 fully saturated rings. The SMILES string of the molecule is Cc1ccc(Cc2nsc(N(CCC(=O)N3CCN(c4ccc([N+](=O)[O-])cc4)CC3)Cc3ccco3)n2)cc1. The number of carbonyl (C=O) groups is 1. The van der Waals surface area contributed by atoms with E-state index in [-0.39, 0.29) is 11.6 Å². The molecule has 0 aliphatic carbocycles. The molecule has 0 saturated carbocycles. The molecule has 0 bridgehead atoms. The van der Waals surface area contributed by atoms with Crippen LogP contribution in [0.3, 0.4) is 0 Å². The molecular weight excluding hydrogens is 516 g/mol. The van der Waals surface area contributed by atoms with Gasteiger partial charge in [0.25, 0.3) is 5.69 Å². The Balaban J connectivity index is 1.18. The van der Waals surface area contributed by atoms with Gasteiger partial charge in [0, 0.05) is 74.9 Å². The third-order valence-electron chi connectivity index (χ3n) is 6.79. The van der Waals surface area contributed by atoms with Crippen LogP contribution in [-0.2, 0) is 17.8 Å². The number of aryl methyl sites for hydroxylation is 1. The predicted octanol–water partition coefficient (Wildman–Crippen LogP) is 4.68. The summed E-state index contributed by atoms with van der Waals surface area (Å²) >= 11 is 1.34. The van der Waals surface area contributed by atoms with E-state index in [4.69, 9.17) is 9.40 Å². The third-order valence-corrected chi connectivity index (χ3v) is 7.61. The summed E-state index contributed by atoms with van der Waals surface area (Å²) in [7, 11) is 0. The van der Waals surface area contributed by atoms with Gasteiger partial charge in [-0.05, 0) is 36.8 Å². The Hall–Kier alpha value is -4.25. The molecule has 2 aromatic carbocycles. The average Bonchev–Trinajstić information content (AvgIpc) is 3.65. The monoisotopic (exact) mass is 546 g/mol. The second kappa shape index (κ2) is 12.1. The number of non-ortho nitro benzene ring substituents is 1. The molecule has 3 heterocycles. The highest BCUT2D eigenvalue weighted by molar-refractivity contribution is 7.09. The molecule has 5 rings (SSSR count). The fourth-order valence-corrected chi connectivity index (χ4v) is 5.26. The van der Waals surface area contributed by atoms with E-state index >= 15 is 0 Å². The second-order valence-electron chi connectivity index (χ2n) is 9.55. The molecule has 0 radical (unpaired) electrons. The van der Waals surface area contributed by atoms with Crippen LogP contribution in [0.5, 0.6) is 0 Å². The van der Waals surface area contributed by atoms with Gasteiger partial charge in [0.1, 0.15) is 11.6 Å². The van der Waals surface area contributed by atoms with E-state index in [0.717, 1.165) is 28.0 Å². The summed E-state index contributed by atoms with van der Waals surface area (Å²) in [4.78, 5) is 34.5. The molecule has 11 heteroatoms. The summed E-state index contributed by atoms with van der Waals surface area (Å²) in [6.45, 7) is 5.64. The van der Waals surface area contributed by atoms with Crippen molar-refractivity contribution in [1.82, 2.24) is 14.3 Å². The van der Waals surface area contributed by atoms with Crippen LogP contribution in [0.25, 0.3) is 0 Å². The summed E-state index contributed by atoms with van der Waals surface area (Å²) in [5, 5.41) is 11.7. The van der Waals surface area contributed by atoms with E-state index < -0.39 is 4.92 Å². The van der Waals surface area contributed by atoms with Crippen LogP contribution >= 0.6 is 11.5 Å². The number of rotatable bonds is 10. The molecule has 1 aliphatic heterocycles. The van der Waals surface area contributed by atoms with E-state index in [1.807, 2.05) is 17.0 Å². The van der Waals surface area contributed by atoms with Gasteiger partial charge in [-0.25, -0.2) is 4.98 Å². The summed E-state index contributed by atoms with van der Waals surface area (Å²) in [5.41, 5.74) is 3.37. The molecule has 0 unspecified atom stereocenters. The first-order valence-electron chi connectivity index (χ1n) is 12.9. The standard InChI is InChI=1S/C28H30N6O4S/c1-21-4-6-22(7-5-21)19-26-29-28(39-30-26)33(20-25-3-2-18-38-25)13-12-27(35)32-16-14-31(15-17-32)23-8-10-24(11-9-23)34(36)37/h2-11,18H,12-17,19-20H2,1H3. The first-order valence-corrected chi connectivity index (χ1v) is 13.6. The quantitative estimate of drug-likeness (QED) is 0.208. The zero-order chi connectivity index (χ0) is 27.2. The lowest BCUT2D eigenvalue weighted by Gasteiger charge is -2.36. The molecule has 1 amide bonds. The summed E-state index contributed by atoms with van der Waals surface area (Å²) in [6.07, 6.45) is 2.65. The highest BCUT2D eigenvalue weighted by atomic mass is 32.1. The molecule has 2 aromatic heterocycles. The third kappa shape index (κ3) is 6.80. The molecular formula is C28H30N6O4S. The van der Waals surface area contributed by atoms with Crippen molar-refractivity contribution in [2.45, 2.75) is 26.3 Å². The van der Waals surface area contributed by atoms with E-state index in [1.165, 1.54) is 29.2 Å². The molecule has 4 aromatic rings. The zero-order valence-corrected chi connectivity index (χ0v) is 22.5. The van der Waals surface area contributed by atoms with Gasteiger partial charge in [0.15, 0.2) is 0 Å². The van der Waals surface area contributed by atoms with Gasteiger partial charge in [-0.15, -0.1) is 0 Å². The Morgan fingerprint density at radius 2 is 1.82 bits per heavy atom. The Bertz CT molecular complexity index is 1380. The number of aromatic nitrogens is 2. The topological polar surface area (TPSA) is 109 Å². The maximum Gasteiger partial charge on any atom is 0.269 e. The van der Waals surface area contributed by atoms with Gasteiger partial charge in [-0.3, -0.25) is 14.9 Å². The van der Waals surface area contributed by atoms with Gasteiger partial charge in [-0.2, -0.15) is 4.37 Å². The first kappa shape index (κ1) is 26.4. The first-order chi connectivity index (χ1) is 18.9. The van der Waals surface area contributed by atoms with Gasteiger partial charge in [0.05, 0.1) is 17.7 Å². The van der Waals surface area contributed by atoms with Crippen LogP contribution in [0.2, 0.25) is 0 Å². The van der Waals surface area contributed by atoms with Gasteiger partial charge >= 0.3 is 0 Å². The lowest BCUT2D eigenvalue weighted by molar-refractivity contribution is -0.384. The fraction of sp³-hybridized carbons (Fsp3) is 0.321. The minimum Gasteiger partial charge on any atom is -0.467 e. The minimum absolute atomic E-state index is 0.0735. The Morgan fingerprint density at radius 3 is 2.49 bits per heavy atom. The molecule has 1 saturated heterocycles. The van der Waals surface area contributed by atoms with Gasteiger partial charge < -0.3 is 19.1 Å². The number of anilines is 2. The number of nitro groups is 1. The number of nitrogens with zero attached hydrogens (tertiary/aromatic N) is 6. The highest BCUT2D eigenvalue weighted by Gasteiger charge is 2.23. The number of nitro benzene ring substituents is 1. The van der Waals surface area contributed by atoms with Crippen LogP contribution in [0, 0.1) is 17.0 Å². The molecule has 202 valence electrons. The number of benzene rings is 2. The fourth-order valence-electron chi connectivity index (χ4n) is 4.55. The number of hydrogen-bond acceptors (Lipinski definition) is 9. The number of piperazine rings is 1. The van der Waals surface area contributed by atoms with Crippen molar-refractivity contribution in [3.05, 3.63) is 99.8 Å². The van der Waals surface area contributed by atoms with Crippen LogP contribution in [0.1, 0.15) is 29.1 Å². The van der Waals surface area contributed by atoms with E-state index in [9.17, 15) is 14.9 Å². The van der Waals surface area contributed by atoms with Crippen molar-refractivity contribution in [2.24, 2.45) is 0 Å². The number of amides is 1. The van der Waals surface area contributed by atoms with Gasteiger partial charge in [0.2, 0.25) is 11.0 Å². The largest absolute Gasteiger partial charge is 0.467 e. The lowest BCUT2D eigenvalue weighted by atomic mass is 10.1. The highest BCUT2D eigenvalue weighted by Crippen LogP contribution is 2.23. The molecule has 0 spiro atoms. The van der Waals surface area contributed by atoms with Crippen molar-refractivity contribution in [1.29, 1.82) is 0 Å². The zero-order valence-electron chi connectivity index (χ0n) is 21.7. The number of furan rings is 1. The number of hydrogen-bond donors (Lipinski definition) is 0. The molecule has 1 aliphatic rings. The molecule has 0 atom stereocenters. The van der Waals surface area contributed by atoms with Crippen molar-refractivity contribution in [3.8, 4) is 0 Å². The van der Waals surface area contributed by atoms with Crippen molar-refractivity contribution >= 4 is 33.9 Å². The summed E-state index contributed by atoms with van der Waals surface area (Å²) in [6, 6.07) is 18.7. The van der Waals surface area contributed by atoms with Crippen molar-refractivity contribution in [3.63, 3.8) is 0 Å². The van der Waals surface area contributed by atoms with Gasteiger partial charge in [-0.1, -0.05) is 29.8 Å². The smallest absolute Gasteiger partial charge is 0.269 e. The normalized spacial score (nSPS) is 13.5. The molecule has 0 N–H and O–H groups in total. The minimum atomic E-state index is -0.401. The predicted molar refractivity (Wildman–Crippen MR) is 150 cm³/mol. The Morgan fingerprint density at radius 1 is 1.08 bits per heavy atom. The average molecular weight is 547 g/mol. The van der Waals surface area contributed by atoms with Crippen molar-refractivity contribution < 1.29 is 14.1 Å². The summed E-state index contributed by atoms with van der Waals surface area (Å²) < 4.78 is 10.1. The van der Waals surface area contributed by atoms with Crippen LogP contribution in [-0.4, -0.2) is 57.8 Å². The van der Waals surface area contributed by atoms with Crippen LogP contribution in [0.4, 0.5) is 16.5 Å². The Labute approximate surface area is 230 Å². The molecule has 39 heavy (non-hydrogen) atoms. The number of carbonyl (C=O) groups excluding carboxylic acids is 1. The van der Waals surface area contributed by atoms with E-state index in [0.29, 0.717) is 52.1 Å². The maximum absolute atomic E-state index is 13.1. The van der Waals surface area contributed by atoms with E-state index in [2.05, 4.69) is 45.4 Å². The second-order valence-corrected chi connectivity index (χ2v) is 10.3. The maximum atomic E-state index is 13.1. The molecule has 10 nitrogen and oxygen atoms in total. The van der Waals surface area contributed by atoms with Crippen molar-refractivity contribution in [2.75, 3.05) is 42.5 Å². The van der Waals surface area contributed by atoms with E-state index in [1.54, 1.807) is 18.4 Å². The van der Waals surface area contributed by atoms with Crippen LogP contribution < -0.4 is 9.80 Å². The van der Waals surface area contributed by atoms with Crippen LogP contribution in [0.15, 0.2) is 71.3 Å². The summed E-state index contributed by atoms with van der Waals surface area (Å²) in [5.74, 6) is 1.65.